The molecule has 0 fully saturated rings. The van der Waals surface area contributed by atoms with Gasteiger partial charge in [0, 0.05) is 15.7 Å². The monoisotopic (exact) mass is 448 g/mol. The van der Waals surface area contributed by atoms with Crippen molar-refractivity contribution in [3.63, 3.8) is 0 Å². The molecule has 0 saturated carbocycles. The number of carbonyl (C=O) groups excluding carboxylic acids is 1. The topological polar surface area (TPSA) is 75.3 Å². The highest BCUT2D eigenvalue weighted by atomic mass is 79.9. The quantitative estimate of drug-likeness (QED) is 0.596. The Bertz CT molecular complexity index is 1090. The van der Waals surface area contributed by atoms with Crippen molar-refractivity contribution < 1.29 is 17.6 Å². The van der Waals surface area contributed by atoms with Crippen LogP contribution in [0.2, 0.25) is 0 Å². The van der Waals surface area contributed by atoms with Crippen molar-refractivity contribution in [2.24, 2.45) is 0 Å². The third-order valence-electron chi connectivity index (χ3n) is 3.63. The van der Waals surface area contributed by atoms with Gasteiger partial charge >= 0.3 is 0 Å². The molecule has 0 saturated heterocycles. The van der Waals surface area contributed by atoms with E-state index in [4.69, 9.17) is 0 Å². The Hall–Kier alpha value is -2.71. The van der Waals surface area contributed by atoms with Gasteiger partial charge in [0.2, 0.25) is 0 Å². The van der Waals surface area contributed by atoms with Gasteiger partial charge < -0.3 is 5.32 Å². The van der Waals surface area contributed by atoms with Crippen LogP contribution in [0.5, 0.6) is 0 Å². The normalized spacial score (nSPS) is 11.0. The smallest absolute Gasteiger partial charge is 0.261 e. The summed E-state index contributed by atoms with van der Waals surface area (Å²) in [6, 6.07) is 17.9. The average molecular weight is 449 g/mol. The molecule has 0 aliphatic carbocycles. The van der Waals surface area contributed by atoms with Gasteiger partial charge in [-0.3, -0.25) is 9.52 Å². The summed E-state index contributed by atoms with van der Waals surface area (Å²) in [5.41, 5.74) is 0.751. The van der Waals surface area contributed by atoms with E-state index in [-0.39, 0.29) is 16.5 Å². The summed E-state index contributed by atoms with van der Waals surface area (Å²) < 4.78 is 41.4. The Kier molecular flexibility index (Phi) is 5.57. The van der Waals surface area contributed by atoms with E-state index < -0.39 is 15.8 Å². The van der Waals surface area contributed by atoms with Crippen LogP contribution in [-0.4, -0.2) is 14.3 Å². The van der Waals surface area contributed by atoms with Crippen LogP contribution in [0.3, 0.4) is 0 Å². The van der Waals surface area contributed by atoms with Crippen LogP contribution >= 0.6 is 15.9 Å². The predicted octanol–water partition coefficient (Wildman–Crippen LogP) is 4.64. The Morgan fingerprint density at radius 3 is 2.30 bits per heavy atom. The molecule has 0 atom stereocenters. The molecular weight excluding hydrogens is 435 g/mol. The maximum atomic E-state index is 13.7. The minimum absolute atomic E-state index is 0.0789. The van der Waals surface area contributed by atoms with Gasteiger partial charge in [0.1, 0.15) is 5.82 Å². The van der Waals surface area contributed by atoms with E-state index in [2.05, 4.69) is 26.0 Å². The van der Waals surface area contributed by atoms with E-state index in [1.165, 1.54) is 42.5 Å². The molecule has 5 nitrogen and oxygen atoms in total. The molecule has 0 aliphatic rings. The lowest BCUT2D eigenvalue weighted by Gasteiger charge is -2.10. The SMILES string of the molecule is O=C(Nc1cccc(Br)c1)c1ccc(S(=O)(=O)Nc2ccccc2F)cc1. The van der Waals surface area contributed by atoms with E-state index in [0.29, 0.717) is 11.3 Å². The summed E-state index contributed by atoms with van der Waals surface area (Å²) in [7, 11) is -3.97. The minimum atomic E-state index is -3.97. The lowest BCUT2D eigenvalue weighted by atomic mass is 10.2. The molecule has 1 amide bonds. The summed E-state index contributed by atoms with van der Waals surface area (Å²) in [5.74, 6) is -1.05. The van der Waals surface area contributed by atoms with Crippen molar-refractivity contribution in [1.29, 1.82) is 0 Å². The molecule has 0 radical (unpaired) electrons. The fraction of sp³-hybridized carbons (Fsp3) is 0. The molecule has 0 bridgehead atoms. The van der Waals surface area contributed by atoms with E-state index >= 15 is 0 Å². The number of hydrogen-bond donors (Lipinski definition) is 2. The predicted molar refractivity (Wildman–Crippen MR) is 106 cm³/mol. The number of para-hydroxylation sites is 1. The average Bonchev–Trinajstić information content (AvgIpc) is 2.64. The highest BCUT2D eigenvalue weighted by Crippen LogP contribution is 2.20. The van der Waals surface area contributed by atoms with Crippen LogP contribution in [-0.2, 0) is 10.0 Å². The maximum Gasteiger partial charge on any atom is 0.261 e. The molecular formula is C19H14BrFN2O3S. The first-order valence-corrected chi connectivity index (χ1v) is 10.1. The number of halogens is 2. The minimum Gasteiger partial charge on any atom is -0.322 e. The molecule has 8 heteroatoms. The zero-order chi connectivity index (χ0) is 19.4. The van der Waals surface area contributed by atoms with Crippen molar-refractivity contribution in [3.8, 4) is 0 Å². The summed E-state index contributed by atoms with van der Waals surface area (Å²) in [6.45, 7) is 0. The zero-order valence-corrected chi connectivity index (χ0v) is 16.2. The second-order valence-corrected chi connectivity index (χ2v) is 8.17. The van der Waals surface area contributed by atoms with Gasteiger partial charge in [-0.05, 0) is 54.6 Å². The second kappa shape index (κ2) is 7.89. The van der Waals surface area contributed by atoms with Crippen molar-refractivity contribution in [1.82, 2.24) is 0 Å². The van der Waals surface area contributed by atoms with Crippen LogP contribution < -0.4 is 10.0 Å². The Balaban J connectivity index is 1.76. The highest BCUT2D eigenvalue weighted by molar-refractivity contribution is 9.10. The van der Waals surface area contributed by atoms with Crippen molar-refractivity contribution in [2.75, 3.05) is 10.0 Å². The molecule has 0 spiro atoms. The number of carbonyl (C=O) groups is 1. The summed E-state index contributed by atoms with van der Waals surface area (Å²) in [4.78, 5) is 12.2. The lowest BCUT2D eigenvalue weighted by Crippen LogP contribution is -2.15. The van der Waals surface area contributed by atoms with Gasteiger partial charge in [-0.2, -0.15) is 0 Å². The molecule has 27 heavy (non-hydrogen) atoms. The molecule has 3 rings (SSSR count). The molecule has 2 N–H and O–H groups in total. The van der Waals surface area contributed by atoms with E-state index in [9.17, 15) is 17.6 Å². The second-order valence-electron chi connectivity index (χ2n) is 5.57. The molecule has 138 valence electrons. The molecule has 0 aromatic heterocycles. The fourth-order valence-corrected chi connectivity index (χ4v) is 3.77. The first-order valence-electron chi connectivity index (χ1n) is 7.79. The number of sulfonamides is 1. The van der Waals surface area contributed by atoms with Crippen molar-refractivity contribution in [2.45, 2.75) is 4.90 Å². The number of rotatable bonds is 5. The third kappa shape index (κ3) is 4.72. The fourth-order valence-electron chi connectivity index (χ4n) is 2.30. The molecule has 0 unspecified atom stereocenters. The van der Waals surface area contributed by atoms with Crippen molar-refractivity contribution >= 4 is 43.2 Å². The maximum absolute atomic E-state index is 13.7. The van der Waals surface area contributed by atoms with E-state index in [1.54, 1.807) is 18.2 Å². The van der Waals surface area contributed by atoms with Crippen LogP contribution in [0.25, 0.3) is 0 Å². The standard InChI is InChI=1S/C19H14BrFN2O3S/c20-14-4-3-5-15(12-14)22-19(24)13-8-10-16(11-9-13)27(25,26)23-18-7-2-1-6-17(18)21/h1-12,23H,(H,22,24). The molecule has 0 aliphatic heterocycles. The van der Waals surface area contributed by atoms with Crippen molar-refractivity contribution in [3.05, 3.63) is 88.6 Å². The number of amides is 1. The molecule has 3 aromatic carbocycles. The third-order valence-corrected chi connectivity index (χ3v) is 5.50. The Morgan fingerprint density at radius 2 is 1.63 bits per heavy atom. The Labute approximate surface area is 164 Å². The van der Waals surface area contributed by atoms with E-state index in [1.807, 2.05) is 6.07 Å². The lowest BCUT2D eigenvalue weighted by molar-refractivity contribution is 0.102. The Morgan fingerprint density at radius 1 is 0.926 bits per heavy atom. The number of nitrogens with one attached hydrogen (secondary N) is 2. The number of hydrogen-bond acceptors (Lipinski definition) is 3. The van der Waals surface area contributed by atoms with Gasteiger partial charge in [0.15, 0.2) is 0 Å². The zero-order valence-electron chi connectivity index (χ0n) is 13.8. The first-order chi connectivity index (χ1) is 12.8. The molecule has 3 aromatic rings. The number of benzene rings is 3. The van der Waals surface area contributed by atoms with Gasteiger partial charge in [0.05, 0.1) is 10.6 Å². The van der Waals surface area contributed by atoms with Crippen LogP contribution in [0.4, 0.5) is 15.8 Å². The van der Waals surface area contributed by atoms with Gasteiger partial charge in [-0.15, -0.1) is 0 Å². The van der Waals surface area contributed by atoms with Gasteiger partial charge in [-0.1, -0.05) is 34.1 Å². The largest absolute Gasteiger partial charge is 0.322 e. The summed E-state index contributed by atoms with van der Waals surface area (Å²) in [6.07, 6.45) is 0. The molecule has 0 heterocycles. The van der Waals surface area contributed by atoms with E-state index in [0.717, 1.165) is 10.5 Å². The first kappa shape index (κ1) is 19.1. The van der Waals surface area contributed by atoms with Gasteiger partial charge in [-0.25, -0.2) is 12.8 Å². The highest BCUT2D eigenvalue weighted by Gasteiger charge is 2.17. The summed E-state index contributed by atoms with van der Waals surface area (Å²) in [5, 5.41) is 2.72. The number of anilines is 2. The van der Waals surface area contributed by atoms with Crippen LogP contribution in [0.15, 0.2) is 82.2 Å². The van der Waals surface area contributed by atoms with Crippen LogP contribution in [0.1, 0.15) is 10.4 Å². The van der Waals surface area contributed by atoms with Gasteiger partial charge in [0.25, 0.3) is 15.9 Å². The van der Waals surface area contributed by atoms with Crippen LogP contribution in [0, 0.1) is 5.82 Å². The summed E-state index contributed by atoms with van der Waals surface area (Å²) >= 11 is 3.32.